The fraction of sp³-hybridized carbons (Fsp3) is 1.00. The highest BCUT2D eigenvalue weighted by Gasteiger charge is 2.99. The summed E-state index contributed by atoms with van der Waals surface area (Å²) in [5.41, 5.74) is 0. The standard InChI is InChI=1S/C15F33N.C15H33N/c16-1(17,4(22,23)10(34,35)36)7(28,29)13(43,44)49(14(45,46)8(30,31)2(18,19)5(24,25)11(37,38)39)15(47,48)9(32,33)3(20,21)6(26,27)12(40,41)42;1-4-7-10-13-16(14-11-8-5-2)15-12-9-6-3/h;4-15H2,1-3H3. The molecule has 0 heterocycles. The molecule has 0 aliphatic rings. The molecule has 0 aromatic rings. The normalized spacial score (nSPS) is 15.8. The molecule has 35 heteroatoms. The monoisotopic (exact) mass is 1050 g/mol. The Labute approximate surface area is 343 Å². The zero-order valence-corrected chi connectivity index (χ0v) is 32.4. The van der Waals surface area contributed by atoms with E-state index in [1.807, 2.05) is 0 Å². The van der Waals surface area contributed by atoms with E-state index < -0.39 is 94.9 Å². The lowest BCUT2D eigenvalue weighted by molar-refractivity contribution is -0.531. The van der Waals surface area contributed by atoms with Gasteiger partial charge in [0.25, 0.3) is 0 Å². The van der Waals surface area contributed by atoms with Crippen LogP contribution in [-0.2, 0) is 0 Å². The topological polar surface area (TPSA) is 6.48 Å². The molecule has 0 aliphatic heterocycles. The van der Waals surface area contributed by atoms with Gasteiger partial charge in [-0.1, -0.05) is 59.3 Å². The highest BCUT2D eigenvalue weighted by molar-refractivity contribution is 5.16. The molecule has 0 aromatic heterocycles. The summed E-state index contributed by atoms with van der Waals surface area (Å²) in [6.45, 7) is 10.9. The SMILES string of the molecule is CCCCCN(CCCCC)CCCCC.FC(F)(F)C(F)(F)C(F)(F)C(F)(F)C(F)(F)N(C(F)(F)C(F)(F)C(F)(F)C(F)(F)C(F)(F)F)C(F)(F)C(F)(F)C(F)(F)C(F)(F)C(F)(F)F. The van der Waals surface area contributed by atoms with Crippen molar-refractivity contribution in [2.45, 2.75) is 169 Å². The molecular formula is C30H33F33N2. The first-order valence-corrected chi connectivity index (χ1v) is 17.5. The first-order chi connectivity index (χ1) is 28.2. The second kappa shape index (κ2) is 20.3. The van der Waals surface area contributed by atoms with Gasteiger partial charge in [0.05, 0.1) is 0 Å². The maximum Gasteiger partial charge on any atom is 0.460 e. The van der Waals surface area contributed by atoms with Gasteiger partial charge in [0.2, 0.25) is 0 Å². The van der Waals surface area contributed by atoms with E-state index in [4.69, 9.17) is 0 Å². The van der Waals surface area contributed by atoms with Gasteiger partial charge in [0, 0.05) is 0 Å². The van der Waals surface area contributed by atoms with Gasteiger partial charge in [0.1, 0.15) is 0 Å². The van der Waals surface area contributed by atoms with Crippen molar-refractivity contribution in [3.8, 4) is 0 Å². The van der Waals surface area contributed by atoms with Crippen molar-refractivity contribution in [1.29, 1.82) is 0 Å². The van der Waals surface area contributed by atoms with Gasteiger partial charge < -0.3 is 4.90 Å². The van der Waals surface area contributed by atoms with Crippen LogP contribution in [0.15, 0.2) is 0 Å². The molecule has 0 rings (SSSR count). The predicted molar refractivity (Wildman–Crippen MR) is 154 cm³/mol. The molecule has 0 amide bonds. The van der Waals surface area contributed by atoms with Crippen LogP contribution in [0.3, 0.4) is 0 Å². The van der Waals surface area contributed by atoms with Crippen molar-refractivity contribution in [3.63, 3.8) is 0 Å². The molecule has 0 unspecified atom stereocenters. The van der Waals surface area contributed by atoms with Crippen LogP contribution in [0.1, 0.15) is 78.6 Å². The lowest BCUT2D eigenvalue weighted by Gasteiger charge is -2.50. The Morgan fingerprint density at radius 2 is 0.400 bits per heavy atom. The Morgan fingerprint density at radius 3 is 0.538 bits per heavy atom. The van der Waals surface area contributed by atoms with Crippen molar-refractivity contribution in [3.05, 3.63) is 0 Å². The third kappa shape index (κ3) is 11.4. The summed E-state index contributed by atoms with van der Waals surface area (Å²) in [5, 5.41) is 0. The van der Waals surface area contributed by atoms with Gasteiger partial charge in [-0.3, -0.25) is 0 Å². The van der Waals surface area contributed by atoms with Crippen LogP contribution in [0.2, 0.25) is 0 Å². The average molecular weight is 1050 g/mol. The van der Waals surface area contributed by atoms with E-state index in [0.717, 1.165) is 0 Å². The van der Waals surface area contributed by atoms with Crippen molar-refractivity contribution >= 4 is 0 Å². The lowest BCUT2D eigenvalue weighted by Crippen LogP contribution is -2.82. The summed E-state index contributed by atoms with van der Waals surface area (Å²) in [4.78, 5) is -3.99. The largest absolute Gasteiger partial charge is 0.460 e. The molecule has 0 radical (unpaired) electrons. The Hall–Kier alpha value is -2.39. The summed E-state index contributed by atoms with van der Waals surface area (Å²) in [5.74, 6) is -87.3. The molecule has 0 saturated heterocycles. The van der Waals surface area contributed by atoms with Gasteiger partial charge >= 0.3 is 90.0 Å². The van der Waals surface area contributed by atoms with E-state index in [2.05, 4.69) is 25.7 Å². The smallest absolute Gasteiger partial charge is 0.303 e. The minimum Gasteiger partial charge on any atom is -0.303 e. The van der Waals surface area contributed by atoms with Crippen LogP contribution in [0, 0.1) is 0 Å². The van der Waals surface area contributed by atoms with Crippen LogP contribution >= 0.6 is 0 Å². The first kappa shape index (κ1) is 64.7. The molecule has 0 aliphatic carbocycles. The molecule has 0 aromatic carbocycles. The van der Waals surface area contributed by atoms with E-state index in [9.17, 15) is 145 Å². The second-order valence-electron chi connectivity index (χ2n) is 13.6. The highest BCUT2D eigenvalue weighted by atomic mass is 19.5. The summed E-state index contributed by atoms with van der Waals surface area (Å²) < 4.78 is 436. The fourth-order valence-electron chi connectivity index (χ4n) is 4.73. The number of hydrogen-bond acceptors (Lipinski definition) is 2. The quantitative estimate of drug-likeness (QED) is 0.0540. The molecule has 0 bridgehead atoms. The third-order valence-corrected chi connectivity index (χ3v) is 8.64. The van der Waals surface area contributed by atoms with Crippen LogP contribution in [-0.4, -0.2) is 119 Å². The molecule has 65 heavy (non-hydrogen) atoms. The molecule has 2 nitrogen and oxygen atoms in total. The van der Waals surface area contributed by atoms with E-state index >= 15 is 0 Å². The minimum atomic E-state index is -10.5. The molecule has 0 atom stereocenters. The maximum absolute atomic E-state index is 14.2. The zero-order chi connectivity index (χ0) is 53.1. The molecule has 0 spiro atoms. The molecule has 0 fully saturated rings. The van der Waals surface area contributed by atoms with Crippen molar-refractivity contribution in [2.75, 3.05) is 19.6 Å². The number of alkyl halides is 33. The van der Waals surface area contributed by atoms with Crippen molar-refractivity contribution < 1.29 is 145 Å². The van der Waals surface area contributed by atoms with Crippen molar-refractivity contribution in [1.82, 2.24) is 9.80 Å². The van der Waals surface area contributed by atoms with E-state index in [0.29, 0.717) is 0 Å². The summed E-state index contributed by atoms with van der Waals surface area (Å²) >= 11 is 0. The Bertz CT molecular complexity index is 1290. The summed E-state index contributed by atoms with van der Waals surface area (Å²) in [6, 6.07) is -31.4. The second-order valence-corrected chi connectivity index (χ2v) is 13.6. The molecule has 0 N–H and O–H groups in total. The average Bonchev–Trinajstić information content (AvgIpc) is 3.09. The molecule has 0 saturated carbocycles. The Kier molecular flexibility index (Phi) is 20.2. The highest BCUT2D eigenvalue weighted by Crippen LogP contribution is 2.67. The molecule has 394 valence electrons. The number of rotatable bonds is 24. The van der Waals surface area contributed by atoms with Gasteiger partial charge in [-0.25, -0.2) is 0 Å². The van der Waals surface area contributed by atoms with Gasteiger partial charge in [-0.15, -0.1) is 4.90 Å². The third-order valence-electron chi connectivity index (χ3n) is 8.64. The minimum absolute atomic E-state index is 1.33. The van der Waals surface area contributed by atoms with E-state index in [1.54, 1.807) is 0 Å². The Morgan fingerprint density at radius 1 is 0.231 bits per heavy atom. The Balaban J connectivity index is 0. The maximum atomic E-state index is 14.2. The van der Waals surface area contributed by atoms with Crippen LogP contribution in [0.4, 0.5) is 145 Å². The van der Waals surface area contributed by atoms with Crippen molar-refractivity contribution in [2.24, 2.45) is 0 Å². The summed E-state index contributed by atoms with van der Waals surface area (Å²) in [6.07, 6.45) is -13.4. The van der Waals surface area contributed by atoms with Gasteiger partial charge in [0.15, 0.2) is 0 Å². The fourth-order valence-corrected chi connectivity index (χ4v) is 4.73. The van der Waals surface area contributed by atoms with Gasteiger partial charge in [-0.05, 0) is 38.9 Å². The van der Waals surface area contributed by atoms with Gasteiger partial charge in [-0.2, -0.15) is 145 Å². The van der Waals surface area contributed by atoms with Crippen LogP contribution in [0.5, 0.6) is 0 Å². The lowest BCUT2D eigenvalue weighted by atomic mass is 9.94. The first-order valence-electron chi connectivity index (χ1n) is 17.5. The predicted octanol–water partition coefficient (Wildman–Crippen LogP) is 15.3. The molecular weight excluding hydrogens is 1020 g/mol. The number of halogens is 33. The number of hydrogen-bond donors (Lipinski definition) is 0. The zero-order valence-electron chi connectivity index (χ0n) is 32.4. The number of unbranched alkanes of at least 4 members (excludes halogenated alkanes) is 6. The van der Waals surface area contributed by atoms with E-state index in [1.165, 1.54) is 77.4 Å². The number of nitrogens with zero attached hydrogens (tertiary/aromatic N) is 2. The van der Waals surface area contributed by atoms with Crippen LogP contribution in [0.25, 0.3) is 0 Å². The van der Waals surface area contributed by atoms with E-state index in [-0.39, 0.29) is 0 Å². The van der Waals surface area contributed by atoms with Crippen LogP contribution < -0.4 is 0 Å². The summed E-state index contributed by atoms with van der Waals surface area (Å²) in [7, 11) is 0.